The molecule has 0 aliphatic rings. The average Bonchev–Trinajstić information content (AvgIpc) is 2.75. The van der Waals surface area contributed by atoms with Crippen LogP contribution in [-0.2, 0) is 0 Å². The number of hydrogen-bond donors (Lipinski definition) is 1. The third kappa shape index (κ3) is 5.54. The van der Waals surface area contributed by atoms with Gasteiger partial charge in [-0.2, -0.15) is 0 Å². The SMILES string of the molecule is OCCCCCCC[P+](c1ccccc1)(c1ccccc1)c1ccccc1.[Br-]. The lowest BCUT2D eigenvalue weighted by Crippen LogP contribution is -3.00. The molecular formula is C25H30BrOP. The van der Waals surface area contributed by atoms with E-state index in [2.05, 4.69) is 91.0 Å². The summed E-state index contributed by atoms with van der Waals surface area (Å²) < 4.78 is 0. The Morgan fingerprint density at radius 3 is 1.25 bits per heavy atom. The van der Waals surface area contributed by atoms with Gasteiger partial charge in [0.2, 0.25) is 0 Å². The van der Waals surface area contributed by atoms with Gasteiger partial charge in [0, 0.05) is 6.61 Å². The van der Waals surface area contributed by atoms with E-state index in [9.17, 15) is 0 Å². The van der Waals surface area contributed by atoms with Crippen molar-refractivity contribution >= 4 is 23.2 Å². The van der Waals surface area contributed by atoms with Gasteiger partial charge in [0.15, 0.2) is 0 Å². The van der Waals surface area contributed by atoms with E-state index in [0.717, 1.165) is 12.8 Å². The third-order valence-corrected chi connectivity index (χ3v) is 9.77. The number of rotatable bonds is 10. The molecule has 0 radical (unpaired) electrons. The number of hydrogen-bond acceptors (Lipinski definition) is 1. The van der Waals surface area contributed by atoms with Gasteiger partial charge in [-0.3, -0.25) is 0 Å². The first-order valence-electron chi connectivity index (χ1n) is 10.0. The Morgan fingerprint density at radius 2 is 0.857 bits per heavy atom. The van der Waals surface area contributed by atoms with Crippen LogP contribution in [0.25, 0.3) is 0 Å². The Kier molecular flexibility index (Phi) is 9.92. The maximum Gasteiger partial charge on any atom is 0.112 e. The molecule has 0 unspecified atom stereocenters. The summed E-state index contributed by atoms with van der Waals surface area (Å²) in [6.45, 7) is 0.314. The van der Waals surface area contributed by atoms with Crippen molar-refractivity contribution in [2.75, 3.05) is 12.8 Å². The second-order valence-corrected chi connectivity index (χ2v) is 10.6. The van der Waals surface area contributed by atoms with Crippen LogP contribution < -0.4 is 32.9 Å². The Morgan fingerprint density at radius 1 is 0.500 bits per heavy atom. The lowest BCUT2D eigenvalue weighted by Gasteiger charge is -2.27. The first-order chi connectivity index (χ1) is 13.4. The van der Waals surface area contributed by atoms with Crippen molar-refractivity contribution in [3.63, 3.8) is 0 Å². The Bertz CT molecular complexity index is 681. The summed E-state index contributed by atoms with van der Waals surface area (Å²) in [5.41, 5.74) is 0. The zero-order valence-electron chi connectivity index (χ0n) is 16.4. The fourth-order valence-electron chi connectivity index (χ4n) is 3.87. The van der Waals surface area contributed by atoms with E-state index in [4.69, 9.17) is 5.11 Å². The molecule has 0 heterocycles. The quantitative estimate of drug-likeness (QED) is 0.365. The molecule has 3 rings (SSSR count). The monoisotopic (exact) mass is 456 g/mol. The van der Waals surface area contributed by atoms with Crippen molar-refractivity contribution in [1.82, 2.24) is 0 Å². The summed E-state index contributed by atoms with van der Waals surface area (Å²) in [6.07, 6.45) is 6.91. The number of halogens is 1. The maximum atomic E-state index is 9.00. The molecular weight excluding hydrogens is 427 g/mol. The van der Waals surface area contributed by atoms with Gasteiger partial charge in [-0.05, 0) is 55.7 Å². The van der Waals surface area contributed by atoms with Crippen LogP contribution in [0.4, 0.5) is 0 Å². The number of aliphatic hydroxyl groups excluding tert-OH is 1. The summed E-state index contributed by atoms with van der Waals surface area (Å²) in [5.74, 6) is 0. The first-order valence-corrected chi connectivity index (χ1v) is 12.0. The standard InChI is InChI=1S/C25H30OP.BrH/c26-21-13-2-1-3-14-22-27(23-15-7-4-8-16-23,24-17-9-5-10-18-24)25-19-11-6-12-20-25;/h4-12,15-20,26H,1-3,13-14,21-22H2;1H/q+1;/p-1. The third-order valence-electron chi connectivity index (χ3n) is 5.24. The normalized spacial score (nSPS) is 11.0. The van der Waals surface area contributed by atoms with Crippen LogP contribution in [0.1, 0.15) is 32.1 Å². The number of aliphatic hydroxyl groups is 1. The summed E-state index contributed by atoms with van der Waals surface area (Å²) in [7, 11) is -1.66. The predicted molar refractivity (Wildman–Crippen MR) is 120 cm³/mol. The smallest absolute Gasteiger partial charge is 0.112 e. The minimum Gasteiger partial charge on any atom is -1.00 e. The van der Waals surface area contributed by atoms with Crippen molar-refractivity contribution in [3.05, 3.63) is 91.0 Å². The van der Waals surface area contributed by atoms with Crippen LogP contribution in [0.15, 0.2) is 91.0 Å². The zero-order valence-corrected chi connectivity index (χ0v) is 18.9. The van der Waals surface area contributed by atoms with Crippen molar-refractivity contribution in [2.24, 2.45) is 0 Å². The van der Waals surface area contributed by atoms with Gasteiger partial charge in [-0.1, -0.05) is 67.4 Å². The van der Waals surface area contributed by atoms with Gasteiger partial charge in [-0.15, -0.1) is 0 Å². The van der Waals surface area contributed by atoms with Gasteiger partial charge in [0.1, 0.15) is 23.2 Å². The molecule has 0 bridgehead atoms. The molecule has 1 N–H and O–H groups in total. The van der Waals surface area contributed by atoms with E-state index in [-0.39, 0.29) is 17.0 Å². The van der Waals surface area contributed by atoms with E-state index in [1.54, 1.807) is 0 Å². The minimum absolute atomic E-state index is 0. The molecule has 1 nitrogen and oxygen atoms in total. The second kappa shape index (κ2) is 12.2. The van der Waals surface area contributed by atoms with E-state index >= 15 is 0 Å². The number of benzene rings is 3. The molecule has 0 saturated heterocycles. The van der Waals surface area contributed by atoms with Crippen LogP contribution >= 0.6 is 7.26 Å². The molecule has 148 valence electrons. The summed E-state index contributed by atoms with van der Waals surface area (Å²) in [5, 5.41) is 13.4. The van der Waals surface area contributed by atoms with Gasteiger partial charge in [0.05, 0.1) is 6.16 Å². The highest BCUT2D eigenvalue weighted by molar-refractivity contribution is 7.95. The Labute approximate surface area is 180 Å². The van der Waals surface area contributed by atoms with E-state index in [1.165, 1.54) is 41.3 Å². The molecule has 3 aromatic carbocycles. The predicted octanol–water partition coefficient (Wildman–Crippen LogP) is 1.93. The molecule has 3 aromatic rings. The van der Waals surface area contributed by atoms with Crippen molar-refractivity contribution in [1.29, 1.82) is 0 Å². The van der Waals surface area contributed by atoms with Crippen LogP contribution in [0, 0.1) is 0 Å². The largest absolute Gasteiger partial charge is 1.00 e. The zero-order chi connectivity index (χ0) is 18.8. The van der Waals surface area contributed by atoms with Gasteiger partial charge >= 0.3 is 0 Å². The van der Waals surface area contributed by atoms with Crippen molar-refractivity contribution < 1.29 is 22.1 Å². The molecule has 0 aliphatic carbocycles. The van der Waals surface area contributed by atoms with Crippen molar-refractivity contribution in [3.8, 4) is 0 Å². The lowest BCUT2D eigenvalue weighted by atomic mass is 10.2. The van der Waals surface area contributed by atoms with E-state index in [1.807, 2.05) is 0 Å². The van der Waals surface area contributed by atoms with Crippen LogP contribution in [0.3, 0.4) is 0 Å². The summed E-state index contributed by atoms with van der Waals surface area (Å²) in [4.78, 5) is 0. The molecule has 0 aromatic heterocycles. The summed E-state index contributed by atoms with van der Waals surface area (Å²) in [6, 6.07) is 33.3. The minimum atomic E-state index is -1.66. The van der Waals surface area contributed by atoms with Gasteiger partial charge in [0.25, 0.3) is 0 Å². The number of unbranched alkanes of at least 4 members (excludes halogenated alkanes) is 4. The van der Waals surface area contributed by atoms with Crippen LogP contribution in [-0.4, -0.2) is 17.9 Å². The van der Waals surface area contributed by atoms with Crippen LogP contribution in [0.2, 0.25) is 0 Å². The highest BCUT2D eigenvalue weighted by Gasteiger charge is 2.44. The molecule has 0 aliphatic heterocycles. The first kappa shape index (κ1) is 22.8. The average molecular weight is 457 g/mol. The molecule has 3 heteroatoms. The fourth-order valence-corrected chi connectivity index (χ4v) is 8.28. The lowest BCUT2D eigenvalue weighted by molar-refractivity contribution is -0.00000647. The van der Waals surface area contributed by atoms with E-state index < -0.39 is 7.26 Å². The molecule has 0 saturated carbocycles. The molecule has 0 fully saturated rings. The molecule has 0 spiro atoms. The highest BCUT2D eigenvalue weighted by Crippen LogP contribution is 2.55. The second-order valence-electron chi connectivity index (χ2n) is 7.03. The highest BCUT2D eigenvalue weighted by atomic mass is 79.9. The van der Waals surface area contributed by atoms with Crippen molar-refractivity contribution in [2.45, 2.75) is 32.1 Å². The Balaban J connectivity index is 0.00000280. The van der Waals surface area contributed by atoms with Gasteiger partial charge < -0.3 is 22.1 Å². The maximum absolute atomic E-state index is 9.00. The van der Waals surface area contributed by atoms with Gasteiger partial charge in [-0.25, -0.2) is 0 Å². The molecule has 0 atom stereocenters. The Hall–Kier alpha value is -1.47. The summed E-state index contributed by atoms with van der Waals surface area (Å²) >= 11 is 0. The molecule has 0 amide bonds. The van der Waals surface area contributed by atoms with E-state index in [0.29, 0.717) is 6.61 Å². The molecule has 28 heavy (non-hydrogen) atoms. The van der Waals surface area contributed by atoms with Crippen LogP contribution in [0.5, 0.6) is 0 Å². The fraction of sp³-hybridized carbons (Fsp3) is 0.280. The topological polar surface area (TPSA) is 20.2 Å².